The minimum absolute atomic E-state index is 0.0916. The van der Waals surface area contributed by atoms with Gasteiger partial charge in [-0.05, 0) is 38.0 Å². The molecule has 0 bridgehead atoms. The van der Waals surface area contributed by atoms with E-state index in [9.17, 15) is 18.0 Å². The molecule has 0 saturated carbocycles. The number of esters is 1. The number of fused-ring (bicyclic) bond motifs is 1. The summed E-state index contributed by atoms with van der Waals surface area (Å²) in [6.07, 6.45) is 2.66. The Balaban J connectivity index is 1.86. The number of piperidine rings is 1. The maximum Gasteiger partial charge on any atom is 0.325 e. The van der Waals surface area contributed by atoms with Crippen LogP contribution in [-0.4, -0.2) is 75.2 Å². The Morgan fingerprint density at radius 3 is 2.70 bits per heavy atom. The maximum atomic E-state index is 12.7. The van der Waals surface area contributed by atoms with Crippen LogP contribution in [0.4, 0.5) is 5.95 Å². The topological polar surface area (TPSA) is 110 Å². The van der Waals surface area contributed by atoms with Crippen LogP contribution >= 0.6 is 0 Å². The molecule has 1 unspecified atom stereocenters. The van der Waals surface area contributed by atoms with Gasteiger partial charge in [-0.25, -0.2) is 18.4 Å². The zero-order chi connectivity index (χ0) is 22.1. The lowest BCUT2D eigenvalue weighted by Gasteiger charge is -2.34. The van der Waals surface area contributed by atoms with Crippen molar-refractivity contribution in [2.45, 2.75) is 24.7 Å². The van der Waals surface area contributed by atoms with Crippen LogP contribution in [0.5, 0.6) is 0 Å². The molecule has 1 atom stereocenters. The maximum absolute atomic E-state index is 12.7. The Labute approximate surface area is 176 Å². The second-order valence-corrected chi connectivity index (χ2v) is 9.63. The molecule has 1 amide bonds. The Kier molecular flexibility index (Phi) is 6.25. The lowest BCUT2D eigenvalue weighted by molar-refractivity contribution is -0.147. The van der Waals surface area contributed by atoms with Crippen molar-refractivity contribution < 1.29 is 22.7 Å². The zero-order valence-electron chi connectivity index (χ0n) is 17.6. The van der Waals surface area contributed by atoms with E-state index in [0.29, 0.717) is 31.0 Å². The van der Waals surface area contributed by atoms with Crippen molar-refractivity contribution in [1.29, 1.82) is 0 Å². The lowest BCUT2D eigenvalue weighted by Crippen LogP contribution is -2.45. The number of carbonyl (C=O) groups is 2. The highest BCUT2D eigenvalue weighted by Gasteiger charge is 2.30. The number of carbonyl (C=O) groups excluding carboxylic acids is 2. The third-order valence-corrected chi connectivity index (χ3v) is 6.41. The van der Waals surface area contributed by atoms with Crippen molar-refractivity contribution in [3.8, 4) is 0 Å². The molecule has 30 heavy (non-hydrogen) atoms. The molecule has 9 nitrogen and oxygen atoms in total. The number of sulfone groups is 1. The molecular formula is C20H26N4O5S. The number of methoxy groups -OCH3 is 1. The van der Waals surface area contributed by atoms with Gasteiger partial charge in [0.1, 0.15) is 6.54 Å². The molecule has 3 rings (SSSR count). The Morgan fingerprint density at radius 1 is 1.30 bits per heavy atom. The van der Waals surface area contributed by atoms with Crippen molar-refractivity contribution in [3.05, 3.63) is 23.9 Å². The van der Waals surface area contributed by atoms with E-state index >= 15 is 0 Å². The predicted octanol–water partition coefficient (Wildman–Crippen LogP) is 1.19. The molecule has 1 saturated heterocycles. The molecule has 162 valence electrons. The van der Waals surface area contributed by atoms with E-state index in [0.717, 1.165) is 23.8 Å². The molecule has 0 radical (unpaired) electrons. The van der Waals surface area contributed by atoms with Gasteiger partial charge in [-0.3, -0.25) is 9.59 Å². The van der Waals surface area contributed by atoms with Crippen LogP contribution in [0.2, 0.25) is 0 Å². The Bertz CT molecular complexity index is 1090. The molecule has 2 heterocycles. The van der Waals surface area contributed by atoms with Crippen molar-refractivity contribution in [2.24, 2.45) is 5.92 Å². The third-order valence-electron chi connectivity index (χ3n) is 5.30. The quantitative estimate of drug-likeness (QED) is 0.646. The average Bonchev–Trinajstić information content (AvgIpc) is 2.72. The summed E-state index contributed by atoms with van der Waals surface area (Å²) >= 11 is 0. The van der Waals surface area contributed by atoms with Gasteiger partial charge >= 0.3 is 5.97 Å². The van der Waals surface area contributed by atoms with Crippen LogP contribution in [0.25, 0.3) is 10.9 Å². The normalized spacial score (nSPS) is 17.1. The SMILES string of the molecule is COC(=O)CN(C)C(=O)C1CCCN(c2nc(C)c3ccc(S(C)(=O)=O)cc3n2)C1. The van der Waals surface area contributed by atoms with Gasteiger partial charge in [0.05, 0.1) is 29.1 Å². The van der Waals surface area contributed by atoms with Crippen molar-refractivity contribution in [1.82, 2.24) is 14.9 Å². The molecule has 0 aliphatic carbocycles. The predicted molar refractivity (Wildman–Crippen MR) is 112 cm³/mol. The molecule has 1 aliphatic heterocycles. The summed E-state index contributed by atoms with van der Waals surface area (Å²) in [5.74, 6) is -0.398. The van der Waals surface area contributed by atoms with Gasteiger partial charge in [0, 0.05) is 31.8 Å². The minimum Gasteiger partial charge on any atom is -0.468 e. The van der Waals surface area contributed by atoms with Crippen molar-refractivity contribution in [2.75, 3.05) is 44.9 Å². The highest BCUT2D eigenvalue weighted by molar-refractivity contribution is 7.90. The molecular weight excluding hydrogens is 408 g/mol. The van der Waals surface area contributed by atoms with Gasteiger partial charge in [-0.1, -0.05) is 0 Å². The van der Waals surface area contributed by atoms with Crippen LogP contribution in [-0.2, 0) is 24.2 Å². The number of aromatic nitrogens is 2. The number of hydrogen-bond donors (Lipinski definition) is 0. The van der Waals surface area contributed by atoms with E-state index < -0.39 is 15.8 Å². The second-order valence-electron chi connectivity index (χ2n) is 7.62. The first kappa shape index (κ1) is 21.9. The first-order valence-corrected chi connectivity index (χ1v) is 11.5. The van der Waals surface area contributed by atoms with Gasteiger partial charge in [0.15, 0.2) is 9.84 Å². The minimum atomic E-state index is -3.35. The van der Waals surface area contributed by atoms with Gasteiger partial charge in [-0.15, -0.1) is 0 Å². The molecule has 1 fully saturated rings. The fourth-order valence-electron chi connectivity index (χ4n) is 3.63. The molecule has 1 aliphatic rings. The number of anilines is 1. The van der Waals surface area contributed by atoms with Gasteiger partial charge < -0.3 is 14.5 Å². The Morgan fingerprint density at radius 2 is 2.03 bits per heavy atom. The standard InChI is InChI=1S/C20H26N4O5S/c1-13-16-8-7-15(30(4,27)28)10-17(16)22-20(21-13)24-9-5-6-14(11-24)19(26)23(2)12-18(25)29-3/h7-8,10,14H,5-6,9,11-12H2,1-4H3. The summed E-state index contributed by atoms with van der Waals surface area (Å²) in [5, 5.41) is 0.786. The van der Waals surface area contributed by atoms with Crippen LogP contribution < -0.4 is 4.90 Å². The largest absolute Gasteiger partial charge is 0.468 e. The number of amides is 1. The number of rotatable bonds is 5. The highest BCUT2D eigenvalue weighted by atomic mass is 32.2. The fraction of sp³-hybridized carbons (Fsp3) is 0.500. The Hall–Kier alpha value is -2.75. The summed E-state index contributed by atoms with van der Waals surface area (Å²) in [6.45, 7) is 2.89. The van der Waals surface area contributed by atoms with E-state index in [4.69, 9.17) is 0 Å². The van der Waals surface area contributed by atoms with Crippen LogP contribution in [0.3, 0.4) is 0 Å². The van der Waals surface area contributed by atoms with Crippen LogP contribution in [0, 0.1) is 12.8 Å². The smallest absolute Gasteiger partial charge is 0.325 e. The lowest BCUT2D eigenvalue weighted by atomic mass is 9.97. The first-order valence-electron chi connectivity index (χ1n) is 9.65. The van der Waals surface area contributed by atoms with Crippen LogP contribution in [0.15, 0.2) is 23.1 Å². The number of hydrogen-bond acceptors (Lipinski definition) is 8. The van der Waals surface area contributed by atoms with Gasteiger partial charge in [0.2, 0.25) is 11.9 Å². The molecule has 10 heteroatoms. The van der Waals surface area contributed by atoms with E-state index in [-0.39, 0.29) is 23.3 Å². The van der Waals surface area contributed by atoms with Gasteiger partial charge in [-0.2, -0.15) is 0 Å². The van der Waals surface area contributed by atoms with E-state index in [1.807, 2.05) is 11.8 Å². The summed E-state index contributed by atoms with van der Waals surface area (Å²) in [4.78, 5) is 36.9. The zero-order valence-corrected chi connectivity index (χ0v) is 18.4. The molecule has 2 aromatic rings. The highest BCUT2D eigenvalue weighted by Crippen LogP contribution is 2.26. The molecule has 0 N–H and O–H groups in total. The van der Waals surface area contributed by atoms with E-state index in [1.165, 1.54) is 12.0 Å². The number of nitrogens with zero attached hydrogens (tertiary/aromatic N) is 4. The molecule has 1 aromatic carbocycles. The van der Waals surface area contributed by atoms with E-state index in [1.54, 1.807) is 25.2 Å². The van der Waals surface area contributed by atoms with E-state index in [2.05, 4.69) is 14.7 Å². The second kappa shape index (κ2) is 8.55. The van der Waals surface area contributed by atoms with Crippen LogP contribution in [0.1, 0.15) is 18.5 Å². The third kappa shape index (κ3) is 4.69. The molecule has 0 spiro atoms. The summed E-state index contributed by atoms with van der Waals surface area (Å²) in [5.41, 5.74) is 1.29. The summed E-state index contributed by atoms with van der Waals surface area (Å²) in [6, 6.07) is 4.83. The van der Waals surface area contributed by atoms with Crippen molar-refractivity contribution >= 4 is 38.6 Å². The average molecular weight is 435 g/mol. The number of likely N-dealkylation sites (N-methyl/N-ethyl adjacent to an activating group) is 1. The van der Waals surface area contributed by atoms with Gasteiger partial charge in [0.25, 0.3) is 0 Å². The number of ether oxygens (including phenoxy) is 1. The van der Waals surface area contributed by atoms with Crippen molar-refractivity contribution in [3.63, 3.8) is 0 Å². The number of benzene rings is 1. The number of aryl methyl sites for hydroxylation is 1. The fourth-order valence-corrected chi connectivity index (χ4v) is 4.27. The summed E-state index contributed by atoms with van der Waals surface area (Å²) < 4.78 is 28.4. The summed E-state index contributed by atoms with van der Waals surface area (Å²) in [7, 11) is -0.474. The first-order chi connectivity index (χ1) is 14.1. The monoisotopic (exact) mass is 434 g/mol. The molecule has 1 aromatic heterocycles.